The second-order valence-electron chi connectivity index (χ2n) is 6.52. The molecule has 7 heteroatoms. The average Bonchev–Trinajstić information content (AvgIpc) is 2.73. The maximum atomic E-state index is 12.5. The molecule has 0 aromatic heterocycles. The summed E-state index contributed by atoms with van der Waals surface area (Å²) in [5.74, 6) is 1.09. The predicted octanol–water partition coefficient (Wildman–Crippen LogP) is 4.68. The Morgan fingerprint density at radius 3 is 2.13 bits per heavy atom. The SMILES string of the molecule is C=CCN(c1ccc(C(=O)Nc2ccc(Oc3ccccc3)cc2)cc1)S(C)(=O)=O. The first kappa shape index (κ1) is 21.1. The molecule has 1 N–H and O–H groups in total. The lowest BCUT2D eigenvalue weighted by atomic mass is 10.2. The van der Waals surface area contributed by atoms with Crippen molar-refractivity contribution < 1.29 is 17.9 Å². The van der Waals surface area contributed by atoms with E-state index in [9.17, 15) is 13.2 Å². The monoisotopic (exact) mass is 422 g/mol. The third-order valence-corrected chi connectivity index (χ3v) is 5.36. The van der Waals surface area contributed by atoms with Crippen LogP contribution in [0.2, 0.25) is 0 Å². The Morgan fingerprint density at radius 2 is 1.57 bits per heavy atom. The molecule has 30 heavy (non-hydrogen) atoms. The summed E-state index contributed by atoms with van der Waals surface area (Å²) in [6, 6.07) is 22.8. The van der Waals surface area contributed by atoms with Gasteiger partial charge in [-0.3, -0.25) is 9.10 Å². The highest BCUT2D eigenvalue weighted by Gasteiger charge is 2.16. The van der Waals surface area contributed by atoms with Gasteiger partial charge >= 0.3 is 0 Å². The number of nitrogens with zero attached hydrogens (tertiary/aromatic N) is 1. The number of sulfonamides is 1. The number of benzene rings is 3. The Bertz CT molecular complexity index is 1110. The number of carbonyl (C=O) groups excluding carboxylic acids is 1. The zero-order valence-electron chi connectivity index (χ0n) is 16.5. The summed E-state index contributed by atoms with van der Waals surface area (Å²) in [6.45, 7) is 3.74. The number of para-hydroxylation sites is 1. The molecule has 3 rings (SSSR count). The van der Waals surface area contributed by atoms with Crippen LogP contribution in [0.3, 0.4) is 0 Å². The van der Waals surface area contributed by atoms with E-state index >= 15 is 0 Å². The van der Waals surface area contributed by atoms with Crippen LogP contribution in [0.25, 0.3) is 0 Å². The number of ether oxygens (including phenoxy) is 1. The summed E-state index contributed by atoms with van der Waals surface area (Å²) in [5, 5.41) is 2.81. The van der Waals surface area contributed by atoms with Crippen LogP contribution in [0, 0.1) is 0 Å². The summed E-state index contributed by atoms with van der Waals surface area (Å²) < 4.78 is 30.8. The lowest BCUT2D eigenvalue weighted by Crippen LogP contribution is -2.29. The van der Waals surface area contributed by atoms with Gasteiger partial charge < -0.3 is 10.1 Å². The Kier molecular flexibility index (Phi) is 6.54. The number of nitrogens with one attached hydrogen (secondary N) is 1. The fraction of sp³-hybridized carbons (Fsp3) is 0.0870. The average molecular weight is 423 g/mol. The largest absolute Gasteiger partial charge is 0.457 e. The minimum Gasteiger partial charge on any atom is -0.457 e. The third-order valence-electron chi connectivity index (χ3n) is 4.20. The van der Waals surface area contributed by atoms with E-state index in [1.54, 1.807) is 48.5 Å². The van der Waals surface area contributed by atoms with Crippen LogP contribution in [0.1, 0.15) is 10.4 Å². The van der Waals surface area contributed by atoms with Crippen molar-refractivity contribution in [3.63, 3.8) is 0 Å². The smallest absolute Gasteiger partial charge is 0.255 e. The molecular weight excluding hydrogens is 400 g/mol. The minimum absolute atomic E-state index is 0.155. The molecule has 0 aliphatic carbocycles. The molecule has 0 aliphatic rings. The molecule has 0 atom stereocenters. The molecule has 0 fully saturated rings. The van der Waals surface area contributed by atoms with Gasteiger partial charge in [-0.1, -0.05) is 24.3 Å². The molecule has 0 heterocycles. The zero-order valence-corrected chi connectivity index (χ0v) is 17.3. The maximum absolute atomic E-state index is 12.5. The molecule has 0 bridgehead atoms. The van der Waals surface area contributed by atoms with Gasteiger partial charge in [0.1, 0.15) is 11.5 Å². The quantitative estimate of drug-likeness (QED) is 0.535. The van der Waals surface area contributed by atoms with Gasteiger partial charge in [0.25, 0.3) is 5.91 Å². The van der Waals surface area contributed by atoms with Crippen molar-refractivity contribution in [1.82, 2.24) is 0 Å². The van der Waals surface area contributed by atoms with E-state index in [-0.39, 0.29) is 12.5 Å². The fourth-order valence-corrected chi connectivity index (χ4v) is 3.64. The highest BCUT2D eigenvalue weighted by atomic mass is 32.2. The molecule has 0 saturated heterocycles. The van der Waals surface area contributed by atoms with Crippen LogP contribution in [0.5, 0.6) is 11.5 Å². The van der Waals surface area contributed by atoms with Crippen molar-refractivity contribution in [3.05, 3.63) is 97.1 Å². The van der Waals surface area contributed by atoms with Gasteiger partial charge in [0, 0.05) is 11.3 Å². The van der Waals surface area contributed by atoms with Crippen LogP contribution in [0.15, 0.2) is 91.5 Å². The molecule has 6 nitrogen and oxygen atoms in total. The van der Waals surface area contributed by atoms with E-state index in [1.807, 2.05) is 30.3 Å². The van der Waals surface area contributed by atoms with Crippen molar-refractivity contribution in [1.29, 1.82) is 0 Å². The van der Waals surface area contributed by atoms with Crippen molar-refractivity contribution in [2.45, 2.75) is 0 Å². The molecule has 3 aromatic rings. The molecule has 0 aliphatic heterocycles. The van der Waals surface area contributed by atoms with Gasteiger partial charge in [0.2, 0.25) is 10.0 Å². The minimum atomic E-state index is -3.44. The van der Waals surface area contributed by atoms with Gasteiger partial charge in [-0.05, 0) is 60.7 Å². The van der Waals surface area contributed by atoms with E-state index in [4.69, 9.17) is 4.74 Å². The molecule has 0 spiro atoms. The molecule has 0 unspecified atom stereocenters. The van der Waals surface area contributed by atoms with Gasteiger partial charge in [-0.25, -0.2) is 8.42 Å². The molecular formula is C23H22N2O4S. The standard InChI is InChI=1S/C23H22N2O4S/c1-3-17-25(30(2,27)28)20-13-9-18(10-14-20)23(26)24-19-11-15-22(16-12-19)29-21-7-5-4-6-8-21/h3-16H,1,17H2,2H3,(H,24,26). The van der Waals surface area contributed by atoms with Gasteiger partial charge in [0.05, 0.1) is 18.5 Å². The van der Waals surface area contributed by atoms with Crippen LogP contribution in [0.4, 0.5) is 11.4 Å². The topological polar surface area (TPSA) is 75.7 Å². The fourth-order valence-electron chi connectivity index (χ4n) is 2.76. The molecule has 3 aromatic carbocycles. The molecule has 1 amide bonds. The summed E-state index contributed by atoms with van der Waals surface area (Å²) in [7, 11) is -3.44. The predicted molar refractivity (Wildman–Crippen MR) is 120 cm³/mol. The van der Waals surface area contributed by atoms with E-state index in [0.717, 1.165) is 12.0 Å². The highest BCUT2D eigenvalue weighted by molar-refractivity contribution is 7.92. The second kappa shape index (κ2) is 9.28. The van der Waals surface area contributed by atoms with Crippen LogP contribution < -0.4 is 14.4 Å². The lowest BCUT2D eigenvalue weighted by molar-refractivity contribution is 0.102. The van der Waals surface area contributed by atoms with Gasteiger partial charge in [-0.15, -0.1) is 6.58 Å². The zero-order chi connectivity index (χ0) is 21.6. The van der Waals surface area contributed by atoms with Crippen LogP contribution in [-0.2, 0) is 10.0 Å². The van der Waals surface area contributed by atoms with E-state index in [1.165, 1.54) is 10.4 Å². The maximum Gasteiger partial charge on any atom is 0.255 e. The summed E-state index contributed by atoms with van der Waals surface area (Å²) in [5.41, 5.74) is 1.50. The lowest BCUT2D eigenvalue weighted by Gasteiger charge is -2.20. The van der Waals surface area contributed by atoms with Crippen molar-refractivity contribution in [2.24, 2.45) is 0 Å². The van der Waals surface area contributed by atoms with Crippen LogP contribution >= 0.6 is 0 Å². The Hall–Kier alpha value is -3.58. The van der Waals surface area contributed by atoms with Crippen molar-refractivity contribution in [3.8, 4) is 11.5 Å². The number of carbonyl (C=O) groups is 1. The molecule has 0 radical (unpaired) electrons. The highest BCUT2D eigenvalue weighted by Crippen LogP contribution is 2.23. The number of hydrogen-bond donors (Lipinski definition) is 1. The van der Waals surface area contributed by atoms with Gasteiger partial charge in [0.15, 0.2) is 0 Å². The first-order chi connectivity index (χ1) is 14.4. The van der Waals surface area contributed by atoms with Gasteiger partial charge in [-0.2, -0.15) is 0 Å². The first-order valence-corrected chi connectivity index (χ1v) is 11.0. The Labute approximate surface area is 176 Å². The number of hydrogen-bond acceptors (Lipinski definition) is 4. The van der Waals surface area contributed by atoms with Crippen molar-refractivity contribution in [2.75, 3.05) is 22.4 Å². The van der Waals surface area contributed by atoms with E-state index < -0.39 is 10.0 Å². The third kappa shape index (κ3) is 5.48. The van der Waals surface area contributed by atoms with Crippen LogP contribution in [-0.4, -0.2) is 27.1 Å². The Morgan fingerprint density at radius 1 is 0.967 bits per heavy atom. The first-order valence-electron chi connectivity index (χ1n) is 9.20. The summed E-state index contributed by atoms with van der Waals surface area (Å²) in [6.07, 6.45) is 2.63. The second-order valence-corrected chi connectivity index (χ2v) is 8.43. The summed E-state index contributed by atoms with van der Waals surface area (Å²) in [4.78, 5) is 12.5. The molecule has 154 valence electrons. The number of amides is 1. The van der Waals surface area contributed by atoms with E-state index in [0.29, 0.717) is 22.7 Å². The Balaban J connectivity index is 1.66. The molecule has 0 saturated carbocycles. The number of rotatable bonds is 8. The van der Waals surface area contributed by atoms with E-state index in [2.05, 4.69) is 11.9 Å². The summed E-state index contributed by atoms with van der Waals surface area (Å²) >= 11 is 0. The normalized spacial score (nSPS) is 10.8. The van der Waals surface area contributed by atoms with Crippen molar-refractivity contribution >= 4 is 27.3 Å². The number of anilines is 2.